The summed E-state index contributed by atoms with van der Waals surface area (Å²) in [7, 11) is 0. The molecule has 0 atom stereocenters. The molecule has 0 bridgehead atoms. The second-order valence-corrected chi connectivity index (χ2v) is 6.30. The first-order valence-corrected chi connectivity index (χ1v) is 9.41. The zero-order valence-electron chi connectivity index (χ0n) is 16.6. The van der Waals surface area contributed by atoms with Gasteiger partial charge >= 0.3 is 5.97 Å². The molecular weight excluding hydrogens is 364 g/mol. The first kappa shape index (κ1) is 20.8. The zero-order chi connectivity index (χ0) is 20.1. The molecule has 0 saturated heterocycles. The van der Waals surface area contributed by atoms with Crippen LogP contribution in [0.4, 0.5) is 0 Å². The van der Waals surface area contributed by atoms with Gasteiger partial charge in [-0.15, -0.1) is 0 Å². The van der Waals surface area contributed by atoms with Crippen LogP contribution in [0.15, 0.2) is 18.3 Å². The van der Waals surface area contributed by atoms with Crippen LogP contribution in [0.2, 0.25) is 5.02 Å². The number of halogens is 1. The average molecular weight is 389 g/mol. The number of hydrogen-bond acceptors (Lipinski definition) is 5. The molecule has 144 valence electrons. The molecule has 0 saturated carbocycles. The number of esters is 1. The maximum Gasteiger partial charge on any atom is 0.341 e. The third-order valence-electron chi connectivity index (χ3n) is 3.83. The predicted molar refractivity (Wildman–Crippen MR) is 107 cm³/mol. The molecule has 0 aromatic carbocycles. The molecule has 0 radical (unpaired) electrons. The Morgan fingerprint density at radius 3 is 2.56 bits per heavy atom. The van der Waals surface area contributed by atoms with Gasteiger partial charge in [-0.05, 0) is 45.4 Å². The summed E-state index contributed by atoms with van der Waals surface area (Å²) < 4.78 is 6.78. The SMILES string of the molecule is CC.CCOC(=O)c1cnc2c(c(C)nn2Cc2cc(C)cc(C)n2)c1Cl. The van der Waals surface area contributed by atoms with E-state index in [9.17, 15) is 4.79 Å². The Balaban J connectivity index is 0.00000126. The highest BCUT2D eigenvalue weighted by atomic mass is 35.5. The van der Waals surface area contributed by atoms with Gasteiger partial charge in [-0.3, -0.25) is 4.98 Å². The summed E-state index contributed by atoms with van der Waals surface area (Å²) in [6, 6.07) is 4.04. The van der Waals surface area contributed by atoms with Gasteiger partial charge in [0.25, 0.3) is 0 Å². The topological polar surface area (TPSA) is 69.9 Å². The van der Waals surface area contributed by atoms with Crippen LogP contribution in [-0.4, -0.2) is 32.3 Å². The highest BCUT2D eigenvalue weighted by Gasteiger charge is 2.20. The average Bonchev–Trinajstić information content (AvgIpc) is 2.92. The third kappa shape index (κ3) is 4.45. The van der Waals surface area contributed by atoms with Crippen molar-refractivity contribution in [2.24, 2.45) is 0 Å². The van der Waals surface area contributed by atoms with E-state index < -0.39 is 5.97 Å². The molecule has 0 aliphatic carbocycles. The highest BCUT2D eigenvalue weighted by molar-refractivity contribution is 6.38. The van der Waals surface area contributed by atoms with Crippen molar-refractivity contribution in [1.82, 2.24) is 19.7 Å². The molecule has 0 N–H and O–H groups in total. The molecular formula is C20H25ClN4O2. The van der Waals surface area contributed by atoms with Gasteiger partial charge in [0.15, 0.2) is 5.65 Å². The van der Waals surface area contributed by atoms with Gasteiger partial charge in [-0.1, -0.05) is 25.4 Å². The Kier molecular flexibility index (Phi) is 6.91. The Bertz CT molecular complexity index is 946. The molecule has 0 spiro atoms. The molecule has 0 aliphatic heterocycles. The molecule has 0 amide bonds. The van der Waals surface area contributed by atoms with Crippen molar-refractivity contribution >= 4 is 28.6 Å². The fraction of sp³-hybridized carbons (Fsp3) is 0.400. The lowest BCUT2D eigenvalue weighted by atomic mass is 10.2. The summed E-state index contributed by atoms with van der Waals surface area (Å²) in [5.74, 6) is -0.481. The van der Waals surface area contributed by atoms with Gasteiger partial charge in [-0.2, -0.15) is 5.10 Å². The summed E-state index contributed by atoms with van der Waals surface area (Å²) in [4.78, 5) is 20.9. The molecule has 0 fully saturated rings. The monoisotopic (exact) mass is 388 g/mol. The summed E-state index contributed by atoms with van der Waals surface area (Å²) >= 11 is 6.43. The minimum atomic E-state index is -0.481. The first-order valence-electron chi connectivity index (χ1n) is 9.03. The van der Waals surface area contributed by atoms with Crippen LogP contribution in [0.25, 0.3) is 11.0 Å². The van der Waals surface area contributed by atoms with Crippen LogP contribution < -0.4 is 0 Å². The van der Waals surface area contributed by atoms with E-state index in [1.54, 1.807) is 11.6 Å². The van der Waals surface area contributed by atoms with Gasteiger partial charge in [0, 0.05) is 11.9 Å². The molecule has 27 heavy (non-hydrogen) atoms. The first-order chi connectivity index (χ1) is 12.9. The van der Waals surface area contributed by atoms with Crippen molar-refractivity contribution in [3.05, 3.63) is 51.6 Å². The van der Waals surface area contributed by atoms with Crippen LogP contribution in [0.1, 0.15) is 53.8 Å². The van der Waals surface area contributed by atoms with Crippen molar-refractivity contribution in [3.8, 4) is 0 Å². The van der Waals surface area contributed by atoms with E-state index in [1.165, 1.54) is 6.20 Å². The number of hydrogen-bond donors (Lipinski definition) is 0. The maximum atomic E-state index is 12.0. The molecule has 3 heterocycles. The summed E-state index contributed by atoms with van der Waals surface area (Å²) in [6.07, 6.45) is 1.44. The van der Waals surface area contributed by atoms with Gasteiger partial charge in [0.2, 0.25) is 0 Å². The Morgan fingerprint density at radius 2 is 1.93 bits per heavy atom. The Hall–Kier alpha value is -2.47. The number of pyridine rings is 2. The van der Waals surface area contributed by atoms with E-state index >= 15 is 0 Å². The number of carbonyl (C=O) groups excluding carboxylic acids is 1. The second-order valence-electron chi connectivity index (χ2n) is 5.93. The fourth-order valence-electron chi connectivity index (χ4n) is 2.90. The minimum Gasteiger partial charge on any atom is -0.462 e. The number of fused-ring (bicyclic) bond motifs is 1. The summed E-state index contributed by atoms with van der Waals surface area (Å²) in [5.41, 5.74) is 4.59. The molecule has 3 rings (SSSR count). The van der Waals surface area contributed by atoms with Crippen LogP contribution >= 0.6 is 11.6 Å². The van der Waals surface area contributed by atoms with E-state index in [4.69, 9.17) is 16.3 Å². The van der Waals surface area contributed by atoms with Gasteiger partial charge in [0.05, 0.1) is 40.5 Å². The maximum absolute atomic E-state index is 12.0. The lowest BCUT2D eigenvalue weighted by Crippen LogP contribution is -2.08. The molecule has 3 aromatic heterocycles. The van der Waals surface area contributed by atoms with E-state index in [0.29, 0.717) is 28.3 Å². The van der Waals surface area contributed by atoms with Crippen LogP contribution in [0.3, 0.4) is 0 Å². The fourth-order valence-corrected chi connectivity index (χ4v) is 3.24. The van der Waals surface area contributed by atoms with Gasteiger partial charge in [-0.25, -0.2) is 14.5 Å². The largest absolute Gasteiger partial charge is 0.462 e. The standard InChI is InChI=1S/C18H19ClN4O2.C2H6/c1-5-25-18(24)14-8-20-17-15(16(14)19)12(4)22-23(17)9-13-7-10(2)6-11(3)21-13;1-2/h6-8H,5,9H2,1-4H3;1-2H3. The quantitative estimate of drug-likeness (QED) is 0.608. The van der Waals surface area contributed by atoms with Gasteiger partial charge in [0.1, 0.15) is 0 Å². The summed E-state index contributed by atoms with van der Waals surface area (Å²) in [6.45, 7) is 12.3. The highest BCUT2D eigenvalue weighted by Crippen LogP contribution is 2.29. The molecule has 3 aromatic rings. The predicted octanol–water partition coefficient (Wildman–Crippen LogP) is 4.66. The Morgan fingerprint density at radius 1 is 1.22 bits per heavy atom. The van der Waals surface area contributed by atoms with E-state index in [0.717, 1.165) is 17.0 Å². The number of nitrogens with zero attached hydrogens (tertiary/aromatic N) is 4. The molecule has 0 aliphatic rings. The summed E-state index contributed by atoms with van der Waals surface area (Å²) in [5, 5.41) is 5.51. The number of aryl methyl sites for hydroxylation is 3. The molecule has 6 nitrogen and oxygen atoms in total. The second kappa shape index (κ2) is 8.95. The van der Waals surface area contributed by atoms with E-state index in [1.807, 2.05) is 46.8 Å². The number of rotatable bonds is 4. The normalized spacial score (nSPS) is 10.5. The van der Waals surface area contributed by atoms with Crippen molar-refractivity contribution < 1.29 is 9.53 Å². The number of aromatic nitrogens is 4. The molecule has 7 heteroatoms. The van der Waals surface area contributed by atoms with Crippen LogP contribution in [-0.2, 0) is 11.3 Å². The van der Waals surface area contributed by atoms with E-state index in [-0.39, 0.29) is 12.2 Å². The van der Waals surface area contributed by atoms with Crippen LogP contribution in [0.5, 0.6) is 0 Å². The van der Waals surface area contributed by atoms with Gasteiger partial charge < -0.3 is 4.74 Å². The third-order valence-corrected chi connectivity index (χ3v) is 4.22. The van der Waals surface area contributed by atoms with E-state index in [2.05, 4.69) is 15.1 Å². The Labute approximate surface area is 164 Å². The minimum absolute atomic E-state index is 0.253. The van der Waals surface area contributed by atoms with Crippen molar-refractivity contribution in [1.29, 1.82) is 0 Å². The smallest absolute Gasteiger partial charge is 0.341 e. The lowest BCUT2D eigenvalue weighted by Gasteiger charge is -2.07. The zero-order valence-corrected chi connectivity index (χ0v) is 17.4. The molecule has 0 unspecified atom stereocenters. The number of ether oxygens (including phenoxy) is 1. The van der Waals surface area contributed by atoms with Crippen molar-refractivity contribution in [2.75, 3.05) is 6.61 Å². The number of carbonyl (C=O) groups is 1. The van der Waals surface area contributed by atoms with Crippen molar-refractivity contribution in [2.45, 2.75) is 48.1 Å². The lowest BCUT2D eigenvalue weighted by molar-refractivity contribution is 0.0526. The van der Waals surface area contributed by atoms with Crippen LogP contribution in [0, 0.1) is 20.8 Å². The van der Waals surface area contributed by atoms with Crippen molar-refractivity contribution in [3.63, 3.8) is 0 Å².